The lowest BCUT2D eigenvalue weighted by atomic mass is 9.99. The molecule has 1 saturated heterocycles. The van der Waals surface area contributed by atoms with Crippen LogP contribution in [0.1, 0.15) is 284 Å². The number of hydrogen-bond acceptors (Lipinski definition) is 10. The largest absolute Gasteiger partial charge is 0.454 e. The maximum atomic E-state index is 13.4. The molecule has 0 saturated carbocycles. The predicted octanol–water partition coefficient (Wildman–Crippen LogP) is 14.8. The topological polar surface area (TPSA) is 175 Å². The van der Waals surface area contributed by atoms with Crippen LogP contribution in [0.3, 0.4) is 0 Å². The van der Waals surface area contributed by atoms with Crippen molar-refractivity contribution in [2.45, 2.75) is 333 Å². The Bertz CT molecular complexity index is 1400. The Kier molecular flexibility index (Phi) is 49.3. The van der Waals surface area contributed by atoms with Crippen molar-refractivity contribution in [2.24, 2.45) is 0 Å². The molecular weight excluding hydrogens is 943 g/mol. The van der Waals surface area contributed by atoms with E-state index in [1.165, 1.54) is 161 Å². The molecule has 438 valence electrons. The van der Waals surface area contributed by atoms with E-state index in [4.69, 9.17) is 14.2 Å². The number of ether oxygens (including phenoxy) is 3. The molecule has 0 aliphatic carbocycles. The second-order valence-corrected chi connectivity index (χ2v) is 21.8. The molecule has 11 nitrogen and oxygen atoms in total. The number of allylic oxidation sites excluding steroid dienone is 7. The van der Waals surface area contributed by atoms with Gasteiger partial charge in [0.05, 0.1) is 25.4 Å². The fourth-order valence-corrected chi connectivity index (χ4v) is 9.72. The third-order valence-electron chi connectivity index (χ3n) is 14.7. The van der Waals surface area contributed by atoms with Crippen molar-refractivity contribution in [3.05, 3.63) is 48.6 Å². The van der Waals surface area contributed by atoms with Gasteiger partial charge >= 0.3 is 5.97 Å². The van der Waals surface area contributed by atoms with Crippen molar-refractivity contribution in [3.63, 3.8) is 0 Å². The van der Waals surface area contributed by atoms with E-state index in [0.717, 1.165) is 77.0 Å². The first-order valence-corrected chi connectivity index (χ1v) is 31.4. The number of carbonyl (C=O) groups is 2. The highest BCUT2D eigenvalue weighted by atomic mass is 16.7. The standard InChI is InChI=1S/C64H117NO10/c1-4-7-10-13-16-19-22-24-25-26-27-28-29-30-31-32-33-34-37-40-43-46-49-52-59(69)75-62-61(71)60(70)58(53-66)74-64(62)73-54-55(56(67)50-47-44-41-38-35-21-18-15-12-9-6-3)65-63(72)57(68)51-48-45-42-39-36-23-20-17-14-11-8-5-2/h16,19,24-25,27-28,47,50,55-58,60-62,64,66-68,70-71H,4-15,17-18,20-23,26,29-46,48-49,51-54H2,1-3H3,(H,65,72)/b19-16-,25-24-,28-27-,50-47+. The number of carbonyl (C=O) groups excluding carboxylic acids is 2. The van der Waals surface area contributed by atoms with E-state index in [1.54, 1.807) is 6.08 Å². The summed E-state index contributed by atoms with van der Waals surface area (Å²) in [6.45, 7) is 5.76. The van der Waals surface area contributed by atoms with Gasteiger partial charge in [0.25, 0.3) is 0 Å². The first-order valence-electron chi connectivity index (χ1n) is 31.4. The van der Waals surface area contributed by atoms with Crippen LogP contribution in [0, 0.1) is 0 Å². The molecule has 1 aliphatic rings. The lowest BCUT2D eigenvalue weighted by Crippen LogP contribution is -2.61. The van der Waals surface area contributed by atoms with Crippen LogP contribution in [-0.2, 0) is 23.8 Å². The van der Waals surface area contributed by atoms with Crippen LogP contribution in [0.25, 0.3) is 0 Å². The molecule has 0 radical (unpaired) electrons. The normalized spacial score (nSPS) is 19.5. The second-order valence-electron chi connectivity index (χ2n) is 21.8. The van der Waals surface area contributed by atoms with E-state index in [0.29, 0.717) is 19.3 Å². The molecule has 11 heteroatoms. The van der Waals surface area contributed by atoms with Gasteiger partial charge in [0, 0.05) is 6.42 Å². The lowest BCUT2D eigenvalue weighted by Gasteiger charge is -2.41. The number of amides is 1. The zero-order chi connectivity index (χ0) is 54.7. The second kappa shape index (κ2) is 52.3. The van der Waals surface area contributed by atoms with Crippen molar-refractivity contribution >= 4 is 11.9 Å². The molecule has 0 aromatic heterocycles. The third-order valence-corrected chi connectivity index (χ3v) is 14.7. The summed E-state index contributed by atoms with van der Waals surface area (Å²) in [5.74, 6) is -1.19. The van der Waals surface area contributed by atoms with Crippen LogP contribution in [0.4, 0.5) is 0 Å². The first kappa shape index (κ1) is 70.6. The van der Waals surface area contributed by atoms with Crippen molar-refractivity contribution in [1.82, 2.24) is 5.32 Å². The minimum atomic E-state index is -1.61. The summed E-state index contributed by atoms with van der Waals surface area (Å²) in [6, 6.07) is -1.02. The maximum Gasteiger partial charge on any atom is 0.306 e. The van der Waals surface area contributed by atoms with Gasteiger partial charge in [0.1, 0.15) is 24.4 Å². The predicted molar refractivity (Wildman–Crippen MR) is 310 cm³/mol. The summed E-state index contributed by atoms with van der Waals surface area (Å²) >= 11 is 0. The van der Waals surface area contributed by atoms with E-state index < -0.39 is 67.4 Å². The molecule has 1 aliphatic heterocycles. The number of nitrogens with one attached hydrogen (secondary N) is 1. The van der Waals surface area contributed by atoms with Gasteiger partial charge in [-0.05, 0) is 64.2 Å². The third kappa shape index (κ3) is 40.5. The molecule has 0 aromatic rings. The van der Waals surface area contributed by atoms with E-state index in [-0.39, 0.29) is 13.0 Å². The molecule has 6 N–H and O–H groups in total. The number of hydrogen-bond donors (Lipinski definition) is 6. The zero-order valence-corrected chi connectivity index (χ0v) is 48.4. The molecule has 0 aromatic carbocycles. The Morgan fingerprint density at radius 1 is 0.520 bits per heavy atom. The van der Waals surface area contributed by atoms with Gasteiger partial charge in [-0.15, -0.1) is 0 Å². The van der Waals surface area contributed by atoms with Gasteiger partial charge in [-0.2, -0.15) is 0 Å². The number of rotatable bonds is 53. The van der Waals surface area contributed by atoms with Crippen LogP contribution in [-0.4, -0.2) is 99.6 Å². The van der Waals surface area contributed by atoms with Crippen molar-refractivity contribution in [1.29, 1.82) is 0 Å². The van der Waals surface area contributed by atoms with Crippen LogP contribution < -0.4 is 5.32 Å². The van der Waals surface area contributed by atoms with Gasteiger partial charge in [-0.3, -0.25) is 9.59 Å². The molecule has 8 unspecified atom stereocenters. The molecule has 8 atom stereocenters. The molecule has 1 rings (SSSR count). The van der Waals surface area contributed by atoms with Gasteiger partial charge < -0.3 is 45.1 Å². The van der Waals surface area contributed by atoms with Crippen molar-refractivity contribution in [2.75, 3.05) is 13.2 Å². The number of esters is 1. The summed E-state index contributed by atoms with van der Waals surface area (Å²) in [5, 5.41) is 56.9. The summed E-state index contributed by atoms with van der Waals surface area (Å²) in [6.07, 6.45) is 53.0. The summed E-state index contributed by atoms with van der Waals surface area (Å²) in [7, 11) is 0. The highest BCUT2D eigenvalue weighted by Gasteiger charge is 2.47. The van der Waals surface area contributed by atoms with E-state index in [1.807, 2.05) is 6.08 Å². The zero-order valence-electron chi connectivity index (χ0n) is 48.4. The molecule has 0 bridgehead atoms. The number of aliphatic hydroxyl groups excluding tert-OH is 5. The first-order chi connectivity index (χ1) is 36.7. The van der Waals surface area contributed by atoms with Gasteiger partial charge in [0.15, 0.2) is 12.4 Å². The average molecular weight is 1060 g/mol. The number of unbranched alkanes of at least 4 members (excludes halogenated alkanes) is 33. The summed E-state index contributed by atoms with van der Waals surface area (Å²) in [5.41, 5.74) is 0. The minimum absolute atomic E-state index is 0.120. The summed E-state index contributed by atoms with van der Waals surface area (Å²) in [4.78, 5) is 26.5. The quantitative estimate of drug-likeness (QED) is 0.0195. The maximum absolute atomic E-state index is 13.4. The SMILES string of the molecule is CCCCC/C=C\C/C=C\C/C=C\CCCCCCCCCCCCC(=O)OC1C(OCC(NC(=O)C(O)CCCCCCCCCCCCCC)C(O)/C=C/CCCCCCCCCCC)OC(CO)C(O)C1O. The fourth-order valence-electron chi connectivity index (χ4n) is 9.72. The van der Waals surface area contributed by atoms with Gasteiger partial charge in [-0.1, -0.05) is 262 Å². The molecule has 1 heterocycles. The van der Waals surface area contributed by atoms with Crippen LogP contribution in [0.15, 0.2) is 48.6 Å². The lowest BCUT2D eigenvalue weighted by molar-refractivity contribution is -0.305. The van der Waals surface area contributed by atoms with Crippen LogP contribution >= 0.6 is 0 Å². The summed E-state index contributed by atoms with van der Waals surface area (Å²) < 4.78 is 17.6. The molecular formula is C64H117NO10. The van der Waals surface area contributed by atoms with E-state index >= 15 is 0 Å². The average Bonchev–Trinajstić information content (AvgIpc) is 3.41. The highest BCUT2D eigenvalue weighted by molar-refractivity contribution is 5.80. The molecule has 0 spiro atoms. The van der Waals surface area contributed by atoms with E-state index in [2.05, 4.69) is 62.5 Å². The Hall–Kier alpha value is -2.38. The van der Waals surface area contributed by atoms with Crippen LogP contribution in [0.5, 0.6) is 0 Å². The van der Waals surface area contributed by atoms with Gasteiger partial charge in [-0.25, -0.2) is 0 Å². The van der Waals surface area contributed by atoms with Crippen LogP contribution in [0.2, 0.25) is 0 Å². The Labute approximate surface area is 459 Å². The Morgan fingerprint density at radius 3 is 1.40 bits per heavy atom. The highest BCUT2D eigenvalue weighted by Crippen LogP contribution is 2.26. The molecule has 75 heavy (non-hydrogen) atoms. The van der Waals surface area contributed by atoms with Crippen molar-refractivity contribution in [3.8, 4) is 0 Å². The fraction of sp³-hybridized carbons (Fsp3) is 0.844. The molecule has 1 fully saturated rings. The number of aliphatic hydroxyl groups is 5. The Morgan fingerprint density at radius 2 is 0.920 bits per heavy atom. The minimum Gasteiger partial charge on any atom is -0.454 e. The van der Waals surface area contributed by atoms with Gasteiger partial charge in [0.2, 0.25) is 5.91 Å². The van der Waals surface area contributed by atoms with E-state index in [9.17, 15) is 35.1 Å². The smallest absolute Gasteiger partial charge is 0.306 e. The Balaban J connectivity index is 2.60. The monoisotopic (exact) mass is 1060 g/mol. The van der Waals surface area contributed by atoms with Crippen molar-refractivity contribution < 1.29 is 49.3 Å². The molecule has 1 amide bonds.